The molecule has 0 radical (unpaired) electrons. The quantitative estimate of drug-likeness (QED) is 0.171. The Bertz CT molecular complexity index is 601. The molecule has 0 aliphatic carbocycles. The summed E-state index contributed by atoms with van der Waals surface area (Å²) in [5.41, 5.74) is 1.18. The summed E-state index contributed by atoms with van der Waals surface area (Å²) in [4.78, 5) is 21.9. The lowest BCUT2D eigenvalue weighted by molar-refractivity contribution is -0.147. The van der Waals surface area contributed by atoms with E-state index in [2.05, 4.69) is 19.1 Å². The first-order valence-electron chi connectivity index (χ1n) is 12.6. The van der Waals surface area contributed by atoms with E-state index in [0.29, 0.717) is 13.0 Å². The molecule has 0 spiro atoms. The lowest BCUT2D eigenvalue weighted by Crippen LogP contribution is -2.15. The monoisotopic (exact) mass is 448 g/mol. The first-order valence-corrected chi connectivity index (χ1v) is 12.6. The van der Waals surface area contributed by atoms with Gasteiger partial charge in [0.1, 0.15) is 6.10 Å². The molecule has 0 aliphatic rings. The van der Waals surface area contributed by atoms with E-state index in [-0.39, 0.29) is 24.6 Å². The summed E-state index contributed by atoms with van der Waals surface area (Å²) >= 11 is 0. The number of hydrogen-bond donors (Lipinski definition) is 1. The van der Waals surface area contributed by atoms with E-state index in [1.807, 2.05) is 18.2 Å². The average molecular weight is 449 g/mol. The van der Waals surface area contributed by atoms with Crippen LogP contribution in [0.15, 0.2) is 30.3 Å². The van der Waals surface area contributed by atoms with Gasteiger partial charge in [-0.3, -0.25) is 9.59 Å². The van der Waals surface area contributed by atoms with E-state index in [9.17, 15) is 9.59 Å². The van der Waals surface area contributed by atoms with Crippen LogP contribution in [0.2, 0.25) is 0 Å². The molecule has 1 aromatic carbocycles. The minimum Gasteiger partial charge on any atom is -0.481 e. The smallest absolute Gasteiger partial charge is 0.303 e. The Morgan fingerprint density at radius 1 is 0.812 bits per heavy atom. The summed E-state index contributed by atoms with van der Waals surface area (Å²) in [6.07, 6.45) is 14.1. The number of carbonyl (C=O) groups is 2. The molecule has 0 heterocycles. The molecule has 5 nitrogen and oxygen atoms in total. The molecule has 1 rings (SSSR count). The second-order valence-corrected chi connectivity index (χ2v) is 8.78. The molecule has 182 valence electrons. The summed E-state index contributed by atoms with van der Waals surface area (Å²) in [6, 6.07) is 10.2. The molecule has 1 N–H and O–H groups in total. The number of carboxylic acids is 1. The zero-order valence-electron chi connectivity index (χ0n) is 20.2. The van der Waals surface area contributed by atoms with Crippen molar-refractivity contribution < 1.29 is 24.2 Å². The summed E-state index contributed by atoms with van der Waals surface area (Å²) in [6.45, 7) is 4.23. The van der Waals surface area contributed by atoms with Crippen LogP contribution in [-0.2, 0) is 25.7 Å². The van der Waals surface area contributed by atoms with E-state index < -0.39 is 5.97 Å². The van der Waals surface area contributed by atoms with Gasteiger partial charge in [0.2, 0.25) is 0 Å². The predicted octanol–water partition coefficient (Wildman–Crippen LogP) is 7.07. The number of benzene rings is 1. The van der Waals surface area contributed by atoms with Crippen molar-refractivity contribution in [2.75, 3.05) is 0 Å². The minimum absolute atomic E-state index is 0.0844. The van der Waals surface area contributed by atoms with Gasteiger partial charge in [0.05, 0.1) is 12.7 Å². The van der Waals surface area contributed by atoms with Crippen LogP contribution in [0, 0.1) is 0 Å². The zero-order chi connectivity index (χ0) is 23.4. The van der Waals surface area contributed by atoms with E-state index in [1.165, 1.54) is 38.2 Å². The van der Waals surface area contributed by atoms with Gasteiger partial charge in [0, 0.05) is 13.3 Å². The lowest BCUT2D eigenvalue weighted by Gasteiger charge is -2.18. The van der Waals surface area contributed by atoms with Crippen LogP contribution in [-0.4, -0.2) is 29.3 Å². The van der Waals surface area contributed by atoms with Crippen LogP contribution in [0.3, 0.4) is 0 Å². The summed E-state index contributed by atoms with van der Waals surface area (Å²) in [7, 11) is 0. The Labute approximate surface area is 194 Å². The molecule has 0 saturated heterocycles. The fourth-order valence-electron chi connectivity index (χ4n) is 4.02. The second-order valence-electron chi connectivity index (χ2n) is 8.78. The minimum atomic E-state index is -0.722. The van der Waals surface area contributed by atoms with Crippen molar-refractivity contribution in [2.45, 2.75) is 123 Å². The maximum absolute atomic E-state index is 11.2. The van der Waals surface area contributed by atoms with Gasteiger partial charge in [-0.1, -0.05) is 82.2 Å². The number of unbranched alkanes of at least 4 members (excludes halogenated alkanes) is 6. The highest BCUT2D eigenvalue weighted by Gasteiger charge is 2.11. The highest BCUT2D eigenvalue weighted by molar-refractivity contribution is 5.66. The van der Waals surface area contributed by atoms with Crippen LogP contribution < -0.4 is 0 Å². The van der Waals surface area contributed by atoms with E-state index in [1.54, 1.807) is 0 Å². The fraction of sp³-hybridized carbons (Fsp3) is 0.704. The number of esters is 1. The molecule has 2 atom stereocenters. The van der Waals surface area contributed by atoms with Gasteiger partial charge in [-0.2, -0.15) is 0 Å². The van der Waals surface area contributed by atoms with Crippen LogP contribution in [0.4, 0.5) is 0 Å². The first kappa shape index (κ1) is 28.2. The van der Waals surface area contributed by atoms with Crippen molar-refractivity contribution in [3.05, 3.63) is 35.9 Å². The molecule has 2 unspecified atom stereocenters. The number of rotatable bonds is 20. The SMILES string of the molecule is CCCC(CCCCCCCCC(CCCCC(=O)O)OCc1ccccc1)OC(C)=O. The van der Waals surface area contributed by atoms with Crippen LogP contribution in [0.1, 0.15) is 109 Å². The third kappa shape index (κ3) is 15.9. The topological polar surface area (TPSA) is 72.8 Å². The van der Waals surface area contributed by atoms with Crippen molar-refractivity contribution >= 4 is 11.9 Å². The molecular weight excluding hydrogens is 404 g/mol. The average Bonchev–Trinajstić information content (AvgIpc) is 2.76. The van der Waals surface area contributed by atoms with Gasteiger partial charge >= 0.3 is 11.9 Å². The van der Waals surface area contributed by atoms with Gasteiger partial charge in [-0.05, 0) is 44.1 Å². The van der Waals surface area contributed by atoms with Crippen molar-refractivity contribution in [2.24, 2.45) is 0 Å². The highest BCUT2D eigenvalue weighted by atomic mass is 16.5. The maximum atomic E-state index is 11.2. The Hall–Kier alpha value is -1.88. The summed E-state index contributed by atoms with van der Waals surface area (Å²) in [5.74, 6) is -0.893. The number of carbonyl (C=O) groups excluding carboxylic acids is 1. The molecule has 0 fully saturated rings. The molecular formula is C27H44O5. The van der Waals surface area contributed by atoms with Crippen LogP contribution in [0.5, 0.6) is 0 Å². The molecule has 0 aliphatic heterocycles. The number of hydrogen-bond acceptors (Lipinski definition) is 4. The normalized spacial score (nSPS) is 12.9. The van der Waals surface area contributed by atoms with Crippen molar-refractivity contribution in [1.82, 2.24) is 0 Å². The zero-order valence-corrected chi connectivity index (χ0v) is 20.2. The molecule has 32 heavy (non-hydrogen) atoms. The van der Waals surface area contributed by atoms with Gasteiger partial charge in [-0.15, -0.1) is 0 Å². The lowest BCUT2D eigenvalue weighted by atomic mass is 10.0. The van der Waals surface area contributed by atoms with Crippen molar-refractivity contribution in [3.63, 3.8) is 0 Å². The van der Waals surface area contributed by atoms with E-state index >= 15 is 0 Å². The predicted molar refractivity (Wildman–Crippen MR) is 129 cm³/mol. The maximum Gasteiger partial charge on any atom is 0.303 e. The van der Waals surface area contributed by atoms with E-state index in [0.717, 1.165) is 51.4 Å². The highest BCUT2D eigenvalue weighted by Crippen LogP contribution is 2.18. The summed E-state index contributed by atoms with van der Waals surface area (Å²) in [5, 5.41) is 8.84. The molecule has 0 saturated carbocycles. The van der Waals surface area contributed by atoms with Gasteiger partial charge in [-0.25, -0.2) is 0 Å². The van der Waals surface area contributed by atoms with Gasteiger partial charge in [0.25, 0.3) is 0 Å². The van der Waals surface area contributed by atoms with Crippen LogP contribution in [0.25, 0.3) is 0 Å². The second kappa shape index (κ2) is 18.7. The Balaban J connectivity index is 2.21. The number of ether oxygens (including phenoxy) is 2. The largest absolute Gasteiger partial charge is 0.481 e. The molecule has 0 bridgehead atoms. The van der Waals surface area contributed by atoms with Crippen LogP contribution >= 0.6 is 0 Å². The molecule has 0 aromatic heterocycles. The van der Waals surface area contributed by atoms with Gasteiger partial charge < -0.3 is 14.6 Å². The standard InChI is InChI=1S/C27H44O5/c1-3-15-26(32-23(2)28)20-12-7-5-4-6-11-18-25(19-13-14-21-27(29)30)31-22-24-16-9-8-10-17-24/h8-10,16-17,25-26H,3-7,11-15,18-22H2,1-2H3,(H,29,30). The molecule has 5 heteroatoms. The van der Waals surface area contributed by atoms with Crippen molar-refractivity contribution in [3.8, 4) is 0 Å². The van der Waals surface area contributed by atoms with Crippen molar-refractivity contribution in [1.29, 1.82) is 0 Å². The third-order valence-electron chi connectivity index (χ3n) is 5.74. The van der Waals surface area contributed by atoms with Gasteiger partial charge in [0.15, 0.2) is 0 Å². The molecule has 0 amide bonds. The third-order valence-corrected chi connectivity index (χ3v) is 5.74. The summed E-state index contributed by atoms with van der Waals surface area (Å²) < 4.78 is 11.6. The number of aliphatic carboxylic acids is 1. The Morgan fingerprint density at radius 3 is 1.94 bits per heavy atom. The fourth-order valence-corrected chi connectivity index (χ4v) is 4.02. The molecule has 1 aromatic rings. The van der Waals surface area contributed by atoms with E-state index in [4.69, 9.17) is 14.6 Å². The number of carboxylic acid groups (broad SMARTS) is 1. The first-order chi connectivity index (χ1) is 15.5. The Morgan fingerprint density at radius 2 is 1.38 bits per heavy atom. The Kier molecular flexibility index (Phi) is 16.4.